The van der Waals surface area contributed by atoms with Gasteiger partial charge in [-0.05, 0) is 33.6 Å². The summed E-state index contributed by atoms with van der Waals surface area (Å²) in [4.78, 5) is 11.5. The summed E-state index contributed by atoms with van der Waals surface area (Å²) in [6, 6.07) is 0. The van der Waals surface area contributed by atoms with Gasteiger partial charge in [0.1, 0.15) is 0 Å². The number of carbonyl (C=O) groups is 1. The molecule has 0 radical (unpaired) electrons. The van der Waals surface area contributed by atoms with E-state index >= 15 is 0 Å². The van der Waals surface area contributed by atoms with Gasteiger partial charge >= 0.3 is 17.1 Å². The van der Waals surface area contributed by atoms with Crippen LogP contribution in [0.5, 0.6) is 0 Å². The highest BCUT2D eigenvalue weighted by atomic mass is 32.2. The molecule has 144 valence electrons. The van der Waals surface area contributed by atoms with Crippen LogP contribution in [0.2, 0.25) is 0 Å². The molecule has 0 aliphatic rings. The lowest BCUT2D eigenvalue weighted by Gasteiger charge is -2.21. The molecule has 0 aliphatic carbocycles. The van der Waals surface area contributed by atoms with Crippen molar-refractivity contribution >= 4 is 16.7 Å². The Labute approximate surface area is 141 Å². The molecule has 0 rings (SSSR count). The highest BCUT2D eigenvalue weighted by Crippen LogP contribution is 2.38. The van der Waals surface area contributed by atoms with E-state index in [9.17, 15) is 30.8 Å². The Morgan fingerprint density at radius 2 is 1.33 bits per heavy atom. The first-order valence-electron chi connectivity index (χ1n) is 7.90. The van der Waals surface area contributed by atoms with Crippen LogP contribution in [0, 0.1) is 5.41 Å². The Kier molecular flexibility index (Phi) is 9.24. The number of carbonyl (C=O) groups excluding carboxylic acids is 1. The number of hydrogen-bond donors (Lipinski definition) is 1. The van der Waals surface area contributed by atoms with E-state index in [-0.39, 0.29) is 19.0 Å². The van der Waals surface area contributed by atoms with E-state index in [0.717, 1.165) is 6.42 Å². The molecule has 0 heterocycles. The summed E-state index contributed by atoms with van der Waals surface area (Å²) >= 11 is 0. The van der Waals surface area contributed by atoms with Gasteiger partial charge in [-0.1, -0.05) is 25.7 Å². The summed E-state index contributed by atoms with van der Waals surface area (Å²) in [5, 5.41) is -5.00. The van der Waals surface area contributed by atoms with Gasteiger partial charge in [0.05, 0.1) is 12.0 Å². The quantitative estimate of drug-likeness (QED) is 0.254. The normalized spacial score (nSPS) is 13.3. The zero-order chi connectivity index (χ0) is 19.0. The SMILES string of the molecule is CC(C)(C)C(=O)OCCCCCCCCC(F)(F)C(F)(F)[SH](=O)=O. The fraction of sp³-hybridized carbons (Fsp3) is 0.933. The van der Waals surface area contributed by atoms with E-state index < -0.39 is 33.7 Å². The zero-order valence-corrected chi connectivity index (χ0v) is 15.1. The maximum atomic E-state index is 13.1. The number of thiol groups is 1. The molecule has 0 saturated carbocycles. The first-order valence-corrected chi connectivity index (χ1v) is 9.07. The third-order valence-electron chi connectivity index (χ3n) is 3.40. The van der Waals surface area contributed by atoms with Crippen LogP contribution in [0.15, 0.2) is 0 Å². The van der Waals surface area contributed by atoms with Crippen molar-refractivity contribution in [2.75, 3.05) is 6.61 Å². The second-order valence-electron chi connectivity index (χ2n) is 6.76. The standard InChI is InChI=1S/C15H26F4O4S/c1-13(2,3)12(20)23-11-9-7-5-4-6-8-10-14(16,17)15(18,19)24(21)22/h24H,4-11H2,1-3H3. The van der Waals surface area contributed by atoms with Crippen molar-refractivity contribution in [1.29, 1.82) is 0 Å². The minimum atomic E-state index is -5.00. The second-order valence-corrected chi connectivity index (χ2v) is 7.84. The smallest absolute Gasteiger partial charge is 0.404 e. The van der Waals surface area contributed by atoms with E-state index in [1.165, 1.54) is 0 Å². The molecular weight excluding hydrogens is 352 g/mol. The van der Waals surface area contributed by atoms with Crippen LogP contribution in [-0.2, 0) is 20.2 Å². The van der Waals surface area contributed by atoms with Crippen LogP contribution in [0.3, 0.4) is 0 Å². The number of hydrogen-bond acceptors (Lipinski definition) is 4. The Bertz CT molecular complexity index is 463. The molecule has 0 aromatic heterocycles. The average molecular weight is 378 g/mol. The summed E-state index contributed by atoms with van der Waals surface area (Å²) in [5.74, 6) is -4.83. The van der Waals surface area contributed by atoms with Gasteiger partial charge in [-0.2, -0.15) is 17.6 Å². The van der Waals surface area contributed by atoms with Gasteiger partial charge in [0.2, 0.25) is 10.7 Å². The number of alkyl halides is 4. The fourth-order valence-electron chi connectivity index (χ4n) is 1.82. The van der Waals surface area contributed by atoms with Gasteiger partial charge in [0.15, 0.2) is 0 Å². The van der Waals surface area contributed by atoms with Crippen LogP contribution in [0.25, 0.3) is 0 Å². The third-order valence-corrected chi connectivity index (χ3v) is 4.19. The summed E-state index contributed by atoms with van der Waals surface area (Å²) in [6.45, 7) is 5.53. The molecule has 0 spiro atoms. The van der Waals surface area contributed by atoms with Gasteiger partial charge in [-0.15, -0.1) is 0 Å². The lowest BCUT2D eigenvalue weighted by atomic mass is 9.97. The van der Waals surface area contributed by atoms with Gasteiger partial charge in [0, 0.05) is 6.42 Å². The fourth-order valence-corrected chi connectivity index (χ4v) is 2.20. The lowest BCUT2D eigenvalue weighted by molar-refractivity contribution is -0.159. The van der Waals surface area contributed by atoms with Crippen molar-refractivity contribution in [1.82, 2.24) is 0 Å². The van der Waals surface area contributed by atoms with Crippen molar-refractivity contribution in [3.05, 3.63) is 0 Å². The Hall–Kier alpha value is -0.860. The summed E-state index contributed by atoms with van der Waals surface area (Å²) in [5.41, 5.74) is -0.554. The van der Waals surface area contributed by atoms with E-state index in [1.54, 1.807) is 20.8 Å². The van der Waals surface area contributed by atoms with Crippen LogP contribution < -0.4 is 0 Å². The molecule has 9 heteroatoms. The Morgan fingerprint density at radius 3 is 1.79 bits per heavy atom. The van der Waals surface area contributed by atoms with Crippen molar-refractivity contribution in [3.63, 3.8) is 0 Å². The number of ether oxygens (including phenoxy) is 1. The molecule has 0 N–H and O–H groups in total. The predicted molar refractivity (Wildman–Crippen MR) is 82.9 cm³/mol. The summed E-state index contributed by atoms with van der Waals surface area (Å²) < 4.78 is 77.3. The molecule has 0 aromatic rings. The van der Waals surface area contributed by atoms with Crippen molar-refractivity contribution in [2.24, 2.45) is 5.41 Å². The zero-order valence-electron chi connectivity index (χ0n) is 14.2. The minimum Gasteiger partial charge on any atom is -0.465 e. The van der Waals surface area contributed by atoms with Crippen molar-refractivity contribution < 1.29 is 35.5 Å². The largest absolute Gasteiger partial charge is 0.465 e. The lowest BCUT2D eigenvalue weighted by Crippen LogP contribution is -2.41. The van der Waals surface area contributed by atoms with Crippen LogP contribution in [0.1, 0.15) is 65.7 Å². The first kappa shape index (κ1) is 23.1. The van der Waals surface area contributed by atoms with Crippen LogP contribution in [-0.4, -0.2) is 32.2 Å². The highest BCUT2D eigenvalue weighted by molar-refractivity contribution is 7.73. The first-order chi connectivity index (χ1) is 10.8. The van der Waals surface area contributed by atoms with Gasteiger partial charge in [-0.3, -0.25) is 4.79 Å². The van der Waals surface area contributed by atoms with Gasteiger partial charge in [0.25, 0.3) is 0 Å². The van der Waals surface area contributed by atoms with E-state index in [1.807, 2.05) is 0 Å². The molecule has 4 nitrogen and oxygen atoms in total. The van der Waals surface area contributed by atoms with Gasteiger partial charge < -0.3 is 4.74 Å². The second kappa shape index (κ2) is 9.58. The number of esters is 1. The average Bonchev–Trinajstić information content (AvgIpc) is 2.43. The van der Waals surface area contributed by atoms with Crippen LogP contribution >= 0.6 is 0 Å². The minimum absolute atomic E-state index is 0.176. The number of rotatable bonds is 11. The maximum Gasteiger partial charge on any atom is 0.404 e. The summed E-state index contributed by atoms with van der Waals surface area (Å²) in [7, 11) is -4.50. The van der Waals surface area contributed by atoms with E-state index in [2.05, 4.69) is 0 Å². The topological polar surface area (TPSA) is 60.4 Å². The predicted octanol–water partition coefficient (Wildman–Crippen LogP) is 4.15. The Morgan fingerprint density at radius 1 is 0.875 bits per heavy atom. The molecule has 0 fully saturated rings. The van der Waals surface area contributed by atoms with Crippen molar-refractivity contribution in [3.8, 4) is 0 Å². The maximum absolute atomic E-state index is 13.1. The van der Waals surface area contributed by atoms with E-state index in [0.29, 0.717) is 25.7 Å². The molecule has 0 bridgehead atoms. The number of halogens is 4. The molecule has 0 atom stereocenters. The van der Waals surface area contributed by atoms with Crippen LogP contribution in [0.4, 0.5) is 17.6 Å². The monoisotopic (exact) mass is 378 g/mol. The molecule has 0 unspecified atom stereocenters. The Balaban J connectivity index is 3.77. The third kappa shape index (κ3) is 7.81. The molecule has 0 aromatic carbocycles. The molecule has 0 saturated heterocycles. The molecule has 24 heavy (non-hydrogen) atoms. The molecule has 0 aliphatic heterocycles. The van der Waals surface area contributed by atoms with Crippen molar-refractivity contribution in [2.45, 2.75) is 76.9 Å². The van der Waals surface area contributed by atoms with Gasteiger partial charge in [-0.25, -0.2) is 8.42 Å². The summed E-state index contributed by atoms with van der Waals surface area (Å²) in [6.07, 6.45) is 1.62. The highest BCUT2D eigenvalue weighted by Gasteiger charge is 2.58. The number of unbranched alkanes of at least 4 members (excludes halogenated alkanes) is 5. The molecule has 0 amide bonds. The van der Waals surface area contributed by atoms with E-state index in [4.69, 9.17) is 4.74 Å². The molecular formula is C15H26F4O4S.